The Morgan fingerprint density at radius 3 is 2.27 bits per heavy atom. The maximum Gasteiger partial charge on any atom is 0.136 e. The molecule has 0 fully saturated rings. The zero-order valence-corrected chi connectivity index (χ0v) is 34.8. The van der Waals surface area contributed by atoms with Crippen molar-refractivity contribution in [2.75, 3.05) is 0 Å². The third-order valence-corrected chi connectivity index (χ3v) is 12.7. The number of allylic oxidation sites excluding steroid dienone is 3. The molecule has 4 nitrogen and oxygen atoms in total. The Hall–Kier alpha value is -7.08. The second kappa shape index (κ2) is 15.9. The van der Waals surface area contributed by atoms with Crippen LogP contribution in [0, 0.1) is 5.41 Å². The molecule has 60 heavy (non-hydrogen) atoms. The molecule has 0 saturated carbocycles. The summed E-state index contributed by atoms with van der Waals surface area (Å²) in [4.78, 5) is 4.99. The van der Waals surface area contributed by atoms with Crippen LogP contribution in [0.25, 0.3) is 75.5 Å². The number of furan rings is 1. The van der Waals surface area contributed by atoms with Crippen LogP contribution in [0.3, 0.4) is 0 Å². The van der Waals surface area contributed by atoms with Gasteiger partial charge in [0.25, 0.3) is 0 Å². The van der Waals surface area contributed by atoms with E-state index in [1.165, 1.54) is 70.2 Å². The molecule has 0 radical (unpaired) electrons. The van der Waals surface area contributed by atoms with E-state index in [4.69, 9.17) is 20.6 Å². The molecular weight excluding hydrogens is 751 g/mol. The van der Waals surface area contributed by atoms with Gasteiger partial charge in [-0.3, -0.25) is 10.4 Å². The summed E-state index contributed by atoms with van der Waals surface area (Å²) in [5, 5.41) is 11.9. The molecule has 0 saturated heterocycles. The lowest BCUT2D eigenvalue weighted by Gasteiger charge is -2.21. The zero-order valence-electron chi connectivity index (χ0n) is 34.0. The second-order valence-electron chi connectivity index (χ2n) is 15.7. The molecule has 292 valence electrons. The van der Waals surface area contributed by atoms with Crippen LogP contribution >= 0.6 is 11.3 Å². The van der Waals surface area contributed by atoms with Gasteiger partial charge >= 0.3 is 0 Å². The van der Waals surface area contributed by atoms with Crippen LogP contribution in [0.4, 0.5) is 0 Å². The van der Waals surface area contributed by atoms with Gasteiger partial charge in [0.2, 0.25) is 0 Å². The predicted molar refractivity (Wildman–Crippen MR) is 258 cm³/mol. The van der Waals surface area contributed by atoms with Crippen molar-refractivity contribution in [3.63, 3.8) is 0 Å². The number of nitrogens with two attached hydrogens (primary N) is 1. The van der Waals surface area contributed by atoms with E-state index in [1.54, 1.807) is 12.2 Å². The number of thiophene rings is 1. The van der Waals surface area contributed by atoms with Gasteiger partial charge in [-0.1, -0.05) is 154 Å². The molecule has 0 unspecified atom stereocenters. The molecule has 0 atom stereocenters. The first-order valence-corrected chi connectivity index (χ1v) is 21.1. The van der Waals surface area contributed by atoms with Gasteiger partial charge in [-0.15, -0.1) is 11.3 Å². The summed E-state index contributed by atoms with van der Waals surface area (Å²) < 4.78 is 9.00. The molecule has 0 spiro atoms. The van der Waals surface area contributed by atoms with Crippen molar-refractivity contribution in [3.8, 4) is 33.4 Å². The molecule has 2 heterocycles. The number of nitrogens with one attached hydrogen (secondary N) is 1. The van der Waals surface area contributed by atoms with Gasteiger partial charge in [-0.2, -0.15) is 0 Å². The van der Waals surface area contributed by atoms with E-state index in [1.807, 2.05) is 36.6 Å². The van der Waals surface area contributed by atoms with Crippen LogP contribution in [0.1, 0.15) is 43.0 Å². The van der Waals surface area contributed by atoms with E-state index < -0.39 is 0 Å². The first-order valence-electron chi connectivity index (χ1n) is 20.2. The monoisotopic (exact) mass is 795 g/mol. The summed E-state index contributed by atoms with van der Waals surface area (Å²) in [6.45, 7) is 10.7. The lowest BCUT2D eigenvalue weighted by molar-refractivity contribution is 0.659. The van der Waals surface area contributed by atoms with E-state index >= 15 is 0 Å². The minimum atomic E-state index is -0.0194. The van der Waals surface area contributed by atoms with Crippen LogP contribution in [0.5, 0.6) is 0 Å². The summed E-state index contributed by atoms with van der Waals surface area (Å²) in [5.41, 5.74) is 20.2. The Kier molecular flexibility index (Phi) is 10.2. The highest BCUT2D eigenvalue weighted by Gasteiger charge is 2.35. The van der Waals surface area contributed by atoms with E-state index in [9.17, 15) is 0 Å². The van der Waals surface area contributed by atoms with Gasteiger partial charge in [0.15, 0.2) is 0 Å². The number of rotatable bonds is 8. The van der Waals surface area contributed by atoms with Crippen molar-refractivity contribution < 1.29 is 4.42 Å². The lowest BCUT2D eigenvalue weighted by Crippen LogP contribution is -2.15. The fourth-order valence-electron chi connectivity index (χ4n) is 8.57. The Balaban J connectivity index is 0.000000413. The minimum absolute atomic E-state index is 0.0194. The minimum Gasteiger partial charge on any atom is -0.456 e. The molecule has 1 aliphatic rings. The largest absolute Gasteiger partial charge is 0.456 e. The maximum atomic E-state index is 7.03. The summed E-state index contributed by atoms with van der Waals surface area (Å²) in [6, 6.07) is 52.7. The number of aliphatic imine (C=N–C) groups is 1. The van der Waals surface area contributed by atoms with Gasteiger partial charge in [0.1, 0.15) is 17.0 Å². The highest BCUT2D eigenvalue weighted by atomic mass is 32.1. The smallest absolute Gasteiger partial charge is 0.136 e. The van der Waals surface area contributed by atoms with E-state index in [2.05, 4.69) is 166 Å². The van der Waals surface area contributed by atoms with Crippen molar-refractivity contribution in [2.45, 2.75) is 32.7 Å². The molecule has 0 amide bonds. The third kappa shape index (κ3) is 6.97. The summed E-state index contributed by atoms with van der Waals surface area (Å²) >= 11 is 1.86. The number of benzene rings is 7. The molecule has 0 aliphatic heterocycles. The normalized spacial score (nSPS) is 13.3. The van der Waals surface area contributed by atoms with Gasteiger partial charge in [0.05, 0.1) is 6.54 Å². The van der Waals surface area contributed by atoms with Crippen molar-refractivity contribution in [1.82, 2.24) is 0 Å². The molecule has 2 aromatic heterocycles. The van der Waals surface area contributed by atoms with Crippen molar-refractivity contribution in [1.29, 1.82) is 5.41 Å². The van der Waals surface area contributed by atoms with Crippen molar-refractivity contribution in [2.24, 2.45) is 10.7 Å². The molecule has 0 bridgehead atoms. The van der Waals surface area contributed by atoms with Crippen LogP contribution in [0.2, 0.25) is 0 Å². The molecule has 1 aliphatic carbocycles. The average Bonchev–Trinajstić information content (AvgIpc) is 3.92. The summed E-state index contributed by atoms with van der Waals surface area (Å²) in [6.07, 6.45) is 9.01. The van der Waals surface area contributed by atoms with Crippen molar-refractivity contribution in [3.05, 3.63) is 204 Å². The summed E-state index contributed by atoms with van der Waals surface area (Å²) in [5.74, 6) is 0.0492. The Morgan fingerprint density at radius 1 is 0.700 bits per heavy atom. The Morgan fingerprint density at radius 2 is 1.45 bits per heavy atom. The highest BCUT2D eigenvalue weighted by Crippen LogP contribution is 2.49. The van der Waals surface area contributed by atoms with Gasteiger partial charge in [-0.05, 0) is 93.4 Å². The van der Waals surface area contributed by atoms with Gasteiger partial charge in [-0.25, -0.2) is 0 Å². The fourth-order valence-corrected chi connectivity index (χ4v) is 9.69. The fraction of sp³-hybridized carbons (Fsp3) is 0.0909. The first kappa shape index (κ1) is 38.4. The average molecular weight is 796 g/mol. The molecular formula is C55H45N3OS. The van der Waals surface area contributed by atoms with Crippen LogP contribution in [-0.4, -0.2) is 12.1 Å². The number of nitrogens with zero attached hydrogens (tertiary/aromatic N) is 1. The molecule has 10 rings (SSSR count). The molecule has 3 N–H and O–H groups in total. The van der Waals surface area contributed by atoms with Crippen LogP contribution < -0.4 is 5.73 Å². The van der Waals surface area contributed by atoms with Crippen LogP contribution in [0.15, 0.2) is 191 Å². The number of amidine groups is 1. The number of hydrogen-bond acceptors (Lipinski definition) is 4. The van der Waals surface area contributed by atoms with E-state index in [-0.39, 0.29) is 11.3 Å². The number of hydrogen-bond donors (Lipinski definition) is 2. The quantitative estimate of drug-likeness (QED) is 0.0913. The molecule has 7 aromatic carbocycles. The van der Waals surface area contributed by atoms with E-state index in [0.717, 1.165) is 27.5 Å². The summed E-state index contributed by atoms with van der Waals surface area (Å²) in [7, 11) is 0. The SMILES string of the molecule is C=C/C(=C\C=C/C)C(=N)N.CC1(C)c2ccccc2-c2ccc(CN=Cc3cccc4oc5ccc(-c6cccc7sc8ccc(-c9ccccc9)cc8c67)cc5c34)cc21. The zero-order chi connectivity index (χ0) is 41.4. The first-order chi connectivity index (χ1) is 29.2. The maximum absolute atomic E-state index is 7.03. The topological polar surface area (TPSA) is 75.4 Å². The number of fused-ring (bicyclic) bond motifs is 9. The predicted octanol–water partition coefficient (Wildman–Crippen LogP) is 14.8. The van der Waals surface area contributed by atoms with Crippen LogP contribution in [-0.2, 0) is 12.0 Å². The Labute approximate surface area is 354 Å². The van der Waals surface area contributed by atoms with E-state index in [0.29, 0.717) is 12.1 Å². The second-order valence-corrected chi connectivity index (χ2v) is 16.8. The van der Waals surface area contributed by atoms with Gasteiger partial charge in [0, 0.05) is 53.7 Å². The lowest BCUT2D eigenvalue weighted by atomic mass is 9.82. The molecule has 9 aromatic rings. The van der Waals surface area contributed by atoms with Crippen molar-refractivity contribution >= 4 is 65.5 Å². The third-order valence-electron chi connectivity index (χ3n) is 11.6. The molecule has 5 heteroatoms. The Bertz CT molecular complexity index is 3210. The standard InChI is InChI=1S/C47H33NOS.C8H12N2/c1-47(2)39-15-7-6-13-35(39)36-21-18-29(24-40(36)47)27-48-28-33-12-8-16-42-45(33)37-26-32(19-22-41(37)49-42)34-14-9-17-44-46(34)38-25-31(20-23-43(38)50-44)30-10-4-3-5-11-30;1-3-5-6-7(4-2)8(9)10/h3-26,28H,27H2,1-2H3;3-6H,2H2,1H3,(H3,9,10)/b;5-3-,7-6+. The highest BCUT2D eigenvalue weighted by molar-refractivity contribution is 7.26. The van der Waals surface area contributed by atoms with Gasteiger partial charge < -0.3 is 10.2 Å².